The molecule has 5 rings (SSSR count). The first-order valence-electron chi connectivity index (χ1n) is 11.3. The van der Waals surface area contributed by atoms with Crippen LogP contribution in [0, 0.1) is 22.7 Å². The lowest BCUT2D eigenvalue weighted by Crippen LogP contribution is -2.59. The normalized spacial score (nSPS) is 22.2. The molecule has 6 nitrogen and oxygen atoms in total. The average molecular weight is 482 g/mol. The summed E-state index contributed by atoms with van der Waals surface area (Å²) >= 11 is 0. The third-order valence-electron chi connectivity index (χ3n) is 7.29. The zero-order valence-electron chi connectivity index (χ0n) is 18.2. The van der Waals surface area contributed by atoms with Crippen LogP contribution in [-0.4, -0.2) is 40.5 Å². The molecule has 0 atom stereocenters. The van der Waals surface area contributed by atoms with E-state index in [1.165, 1.54) is 12.1 Å². The van der Waals surface area contributed by atoms with Crippen molar-refractivity contribution in [3.05, 3.63) is 34.8 Å². The van der Waals surface area contributed by atoms with Gasteiger partial charge in [-0.2, -0.15) is 18.4 Å². The summed E-state index contributed by atoms with van der Waals surface area (Å²) in [5, 5.41) is 12.5. The summed E-state index contributed by atoms with van der Waals surface area (Å²) < 4.78 is 74.8. The number of imidazole rings is 1. The quantitative estimate of drug-likeness (QED) is 0.651. The molecule has 0 unspecified atom stereocenters. The van der Waals surface area contributed by atoms with E-state index in [2.05, 4.69) is 10.3 Å². The monoisotopic (exact) mass is 482 g/mol. The standard InChI is InChI=1S/C23H23F5N4O2/c24-22(25)3-1-13(2-4-22)5-17-19(23(26,27)28)31-18-7-14(6-16(10-29)32(17)18)20(33)30-15-8-21(9-15)11-34-12-21/h6-7,13,15H,1-5,8-9,11-12H2,(H,30,33). The van der Waals surface area contributed by atoms with Crippen molar-refractivity contribution in [2.24, 2.45) is 11.3 Å². The number of hydrogen-bond acceptors (Lipinski definition) is 4. The van der Waals surface area contributed by atoms with Crippen LogP contribution in [0.1, 0.15) is 66.0 Å². The van der Waals surface area contributed by atoms with Gasteiger partial charge in [0.25, 0.3) is 5.91 Å². The van der Waals surface area contributed by atoms with Gasteiger partial charge in [-0.25, -0.2) is 13.8 Å². The Balaban J connectivity index is 1.44. The number of pyridine rings is 1. The lowest BCUT2D eigenvalue weighted by molar-refractivity contribution is -0.165. The van der Waals surface area contributed by atoms with E-state index >= 15 is 0 Å². The fourth-order valence-electron chi connectivity index (χ4n) is 5.42. The van der Waals surface area contributed by atoms with E-state index in [-0.39, 0.29) is 72.1 Å². The molecule has 2 aromatic heterocycles. The van der Waals surface area contributed by atoms with Gasteiger partial charge < -0.3 is 10.1 Å². The van der Waals surface area contributed by atoms with E-state index in [1.807, 2.05) is 6.07 Å². The van der Waals surface area contributed by atoms with Gasteiger partial charge >= 0.3 is 6.18 Å². The van der Waals surface area contributed by atoms with E-state index < -0.39 is 23.7 Å². The summed E-state index contributed by atoms with van der Waals surface area (Å²) in [6, 6.07) is 4.31. The summed E-state index contributed by atoms with van der Waals surface area (Å²) in [5.74, 6) is -3.66. The molecule has 1 amide bonds. The Bertz CT molecular complexity index is 1160. The molecule has 3 aliphatic rings. The molecule has 11 heteroatoms. The summed E-state index contributed by atoms with van der Waals surface area (Å²) in [6.07, 6.45) is -3.93. The number of nitrogens with one attached hydrogen (secondary N) is 1. The van der Waals surface area contributed by atoms with Crippen LogP contribution in [0.25, 0.3) is 5.65 Å². The molecule has 1 saturated heterocycles. The van der Waals surface area contributed by atoms with Gasteiger partial charge in [-0.05, 0) is 50.2 Å². The molecule has 1 spiro atoms. The molecule has 0 bridgehead atoms. The zero-order chi connectivity index (χ0) is 24.3. The van der Waals surface area contributed by atoms with Crippen LogP contribution in [-0.2, 0) is 17.3 Å². The number of carbonyl (C=O) groups excluding carboxylic acids is 1. The van der Waals surface area contributed by atoms with E-state index in [0.717, 1.165) is 17.2 Å². The Hall–Kier alpha value is -2.74. The molecule has 3 heterocycles. The average Bonchev–Trinajstić information content (AvgIpc) is 3.08. The number of carbonyl (C=O) groups is 1. The van der Waals surface area contributed by atoms with Gasteiger partial charge in [-0.1, -0.05) is 0 Å². The number of halogens is 5. The first-order chi connectivity index (χ1) is 16.0. The minimum atomic E-state index is -4.79. The predicted molar refractivity (Wildman–Crippen MR) is 109 cm³/mol. The molecular weight excluding hydrogens is 459 g/mol. The number of amides is 1. The number of fused-ring (bicyclic) bond motifs is 1. The maximum absolute atomic E-state index is 13.8. The highest BCUT2D eigenvalue weighted by atomic mass is 19.4. The van der Waals surface area contributed by atoms with E-state index in [0.29, 0.717) is 13.2 Å². The molecule has 3 fully saturated rings. The number of alkyl halides is 5. The third-order valence-corrected chi connectivity index (χ3v) is 7.29. The Labute approximate surface area is 192 Å². The van der Waals surface area contributed by atoms with E-state index in [9.17, 15) is 32.0 Å². The first kappa shape index (κ1) is 23.0. The van der Waals surface area contributed by atoms with Crippen molar-refractivity contribution in [1.29, 1.82) is 5.26 Å². The van der Waals surface area contributed by atoms with E-state index in [1.54, 1.807) is 0 Å². The highest BCUT2D eigenvalue weighted by Crippen LogP contribution is 2.47. The van der Waals surface area contributed by atoms with Crippen LogP contribution in [0.4, 0.5) is 22.0 Å². The van der Waals surface area contributed by atoms with Gasteiger partial charge in [0.1, 0.15) is 17.4 Å². The fraction of sp³-hybridized carbons (Fsp3) is 0.609. The predicted octanol–water partition coefficient (Wildman–Crippen LogP) is 4.50. The maximum Gasteiger partial charge on any atom is 0.435 e. The summed E-state index contributed by atoms with van der Waals surface area (Å²) in [5.41, 5.74) is -1.51. The minimum absolute atomic E-state index is 0.0522. The largest absolute Gasteiger partial charge is 0.435 e. The second kappa shape index (κ2) is 7.90. The van der Waals surface area contributed by atoms with Gasteiger partial charge in [0.15, 0.2) is 5.69 Å². The smallest absolute Gasteiger partial charge is 0.380 e. The number of rotatable bonds is 4. The van der Waals surface area contributed by atoms with Crippen LogP contribution < -0.4 is 5.32 Å². The molecule has 0 aromatic carbocycles. The highest BCUT2D eigenvalue weighted by Gasteiger charge is 2.50. The number of aromatic nitrogens is 2. The molecule has 2 saturated carbocycles. The fourth-order valence-corrected chi connectivity index (χ4v) is 5.42. The molecule has 1 aliphatic heterocycles. The highest BCUT2D eigenvalue weighted by molar-refractivity contribution is 5.95. The minimum Gasteiger partial charge on any atom is -0.380 e. The third kappa shape index (κ3) is 4.13. The summed E-state index contributed by atoms with van der Waals surface area (Å²) in [7, 11) is 0. The number of ether oxygens (including phenoxy) is 1. The number of nitrogens with zero attached hydrogens (tertiary/aromatic N) is 3. The van der Waals surface area contributed by atoms with Gasteiger partial charge in [-0.15, -0.1) is 0 Å². The van der Waals surface area contributed by atoms with Crippen molar-refractivity contribution >= 4 is 11.6 Å². The molecule has 2 aromatic rings. The maximum atomic E-state index is 13.8. The van der Waals surface area contributed by atoms with Crippen molar-refractivity contribution in [2.75, 3.05) is 13.2 Å². The van der Waals surface area contributed by atoms with Crippen molar-refractivity contribution in [3.63, 3.8) is 0 Å². The van der Waals surface area contributed by atoms with Gasteiger partial charge in [-0.3, -0.25) is 9.20 Å². The van der Waals surface area contributed by atoms with Crippen LogP contribution >= 0.6 is 0 Å². The van der Waals surface area contributed by atoms with Crippen LogP contribution in [0.15, 0.2) is 12.1 Å². The lowest BCUT2D eigenvalue weighted by Gasteiger charge is -2.53. The Kier molecular flexibility index (Phi) is 5.35. The Morgan fingerprint density at radius 3 is 2.47 bits per heavy atom. The summed E-state index contributed by atoms with van der Waals surface area (Å²) in [6.45, 7) is 1.33. The van der Waals surface area contributed by atoms with Crippen LogP contribution in [0.3, 0.4) is 0 Å². The van der Waals surface area contributed by atoms with E-state index in [4.69, 9.17) is 4.74 Å². The van der Waals surface area contributed by atoms with Crippen molar-refractivity contribution in [3.8, 4) is 6.07 Å². The topological polar surface area (TPSA) is 79.4 Å². The molecule has 182 valence electrons. The Morgan fingerprint density at radius 1 is 1.24 bits per heavy atom. The summed E-state index contributed by atoms with van der Waals surface area (Å²) in [4.78, 5) is 16.5. The molecule has 2 aliphatic carbocycles. The van der Waals surface area contributed by atoms with Crippen molar-refractivity contribution in [2.45, 2.75) is 63.1 Å². The number of hydrogen-bond donors (Lipinski definition) is 1. The van der Waals surface area contributed by atoms with Gasteiger partial charge in [0, 0.05) is 29.9 Å². The van der Waals surface area contributed by atoms with Gasteiger partial charge in [0.2, 0.25) is 5.92 Å². The Morgan fingerprint density at radius 2 is 1.91 bits per heavy atom. The molecule has 0 radical (unpaired) electrons. The van der Waals surface area contributed by atoms with Crippen LogP contribution in [0.5, 0.6) is 0 Å². The first-order valence-corrected chi connectivity index (χ1v) is 11.3. The van der Waals surface area contributed by atoms with Crippen LogP contribution in [0.2, 0.25) is 0 Å². The zero-order valence-corrected chi connectivity index (χ0v) is 18.2. The molecule has 34 heavy (non-hydrogen) atoms. The lowest BCUT2D eigenvalue weighted by atomic mass is 9.64. The van der Waals surface area contributed by atoms with Crippen molar-refractivity contribution < 1.29 is 31.5 Å². The van der Waals surface area contributed by atoms with Gasteiger partial charge in [0.05, 0.1) is 18.9 Å². The van der Waals surface area contributed by atoms with Crippen molar-refractivity contribution in [1.82, 2.24) is 14.7 Å². The second-order valence-corrected chi connectivity index (χ2v) is 9.91. The SMILES string of the molecule is N#Cc1cc(C(=O)NC2CC3(COC3)C2)cc2nc(C(F)(F)F)c(CC3CCC(F)(F)CC3)n12. The molecular formula is C23H23F5N4O2. The second-order valence-electron chi connectivity index (χ2n) is 9.91. The number of nitriles is 1. The molecule has 1 N–H and O–H groups in total.